The average Bonchev–Trinajstić information content (AvgIpc) is 3.31. The third-order valence-corrected chi connectivity index (χ3v) is 3.99. The molecule has 1 amide bonds. The first kappa shape index (κ1) is 14.7. The number of amides is 1. The van der Waals surface area contributed by atoms with Gasteiger partial charge in [-0.25, -0.2) is 0 Å². The number of hydrogen-bond acceptors (Lipinski definition) is 4. The minimum atomic E-state index is -0.838. The minimum absolute atomic E-state index is 0.00489. The largest absolute Gasteiger partial charge is 0.486 e. The molecule has 0 saturated heterocycles. The zero-order chi connectivity index (χ0) is 15.5. The Kier molecular flexibility index (Phi) is 4.18. The molecule has 1 aromatic rings. The summed E-state index contributed by atoms with van der Waals surface area (Å²) in [5.41, 5.74) is 1.09. The summed E-state index contributed by atoms with van der Waals surface area (Å²) in [4.78, 5) is 22.4. The first-order valence-electron chi connectivity index (χ1n) is 7.54. The number of carboxylic acids is 1. The molecule has 2 atom stereocenters. The maximum absolute atomic E-state index is 12.0. The van der Waals surface area contributed by atoms with Gasteiger partial charge in [0.15, 0.2) is 11.5 Å². The van der Waals surface area contributed by atoms with Gasteiger partial charge in [0.05, 0.1) is 0 Å². The molecule has 2 aliphatic rings. The Labute approximate surface area is 128 Å². The molecule has 0 aromatic heterocycles. The Balaban J connectivity index is 1.51. The molecule has 6 nitrogen and oxygen atoms in total. The molecule has 1 aliphatic carbocycles. The van der Waals surface area contributed by atoms with Crippen LogP contribution >= 0.6 is 0 Å². The highest BCUT2D eigenvalue weighted by molar-refractivity contribution is 5.83. The van der Waals surface area contributed by atoms with Crippen LogP contribution in [0.1, 0.15) is 30.7 Å². The third-order valence-electron chi connectivity index (χ3n) is 3.99. The fraction of sp³-hybridized carbons (Fsp3) is 0.500. The second-order valence-electron chi connectivity index (χ2n) is 5.64. The van der Waals surface area contributed by atoms with Crippen molar-refractivity contribution >= 4 is 11.9 Å². The van der Waals surface area contributed by atoms with Crippen LogP contribution in [-0.2, 0) is 9.59 Å². The van der Waals surface area contributed by atoms with Crippen molar-refractivity contribution in [2.45, 2.75) is 25.2 Å². The topological polar surface area (TPSA) is 84.9 Å². The van der Waals surface area contributed by atoms with E-state index in [2.05, 4.69) is 5.32 Å². The summed E-state index contributed by atoms with van der Waals surface area (Å²) in [7, 11) is 0. The summed E-state index contributed by atoms with van der Waals surface area (Å²) in [6.45, 7) is 1.53. The fourth-order valence-corrected chi connectivity index (χ4v) is 2.73. The van der Waals surface area contributed by atoms with Gasteiger partial charge in [-0.05, 0) is 36.5 Å². The lowest BCUT2D eigenvalue weighted by Crippen LogP contribution is -2.26. The van der Waals surface area contributed by atoms with E-state index in [1.165, 1.54) is 0 Å². The van der Waals surface area contributed by atoms with Crippen LogP contribution in [0.4, 0.5) is 0 Å². The number of carbonyl (C=O) groups excluding carboxylic acids is 1. The second kappa shape index (κ2) is 6.25. The van der Waals surface area contributed by atoms with Gasteiger partial charge in [-0.2, -0.15) is 0 Å². The first-order valence-corrected chi connectivity index (χ1v) is 7.54. The van der Waals surface area contributed by atoms with Gasteiger partial charge in [0.25, 0.3) is 0 Å². The molecule has 1 aliphatic heterocycles. The number of aliphatic carboxylic acids is 1. The van der Waals surface area contributed by atoms with Crippen LogP contribution in [0, 0.1) is 5.92 Å². The van der Waals surface area contributed by atoms with E-state index in [9.17, 15) is 9.59 Å². The van der Waals surface area contributed by atoms with Crippen molar-refractivity contribution in [1.82, 2.24) is 5.32 Å². The van der Waals surface area contributed by atoms with Crippen LogP contribution < -0.4 is 14.8 Å². The Hall–Kier alpha value is -2.24. The number of benzene rings is 1. The van der Waals surface area contributed by atoms with Crippen molar-refractivity contribution in [3.8, 4) is 11.5 Å². The van der Waals surface area contributed by atoms with Crippen LogP contribution in [0.2, 0.25) is 0 Å². The Bertz CT molecular complexity index is 586. The quantitative estimate of drug-likeness (QED) is 0.779. The predicted octanol–water partition coefficient (Wildman–Crippen LogP) is 1.54. The highest BCUT2D eigenvalue weighted by Crippen LogP contribution is 2.49. The standard InChI is InChI=1S/C16H19NO5/c18-15(19)2-1-5-17-16(20)12-9-11(12)10-3-4-13-14(8-10)22-7-6-21-13/h3-4,8,11-12H,1-2,5-7,9H2,(H,17,20)(H,18,19). The van der Waals surface area contributed by atoms with Crippen LogP contribution in [0.3, 0.4) is 0 Å². The molecule has 3 rings (SSSR count). The number of rotatable bonds is 6. The molecule has 0 spiro atoms. The molecule has 0 bridgehead atoms. The van der Waals surface area contributed by atoms with Gasteiger partial charge in [0, 0.05) is 18.9 Å². The molecule has 22 heavy (non-hydrogen) atoms. The summed E-state index contributed by atoms with van der Waals surface area (Å²) < 4.78 is 11.0. The molecule has 1 aromatic carbocycles. The van der Waals surface area contributed by atoms with Crippen molar-refractivity contribution in [1.29, 1.82) is 0 Å². The van der Waals surface area contributed by atoms with E-state index >= 15 is 0 Å². The number of carbonyl (C=O) groups is 2. The fourth-order valence-electron chi connectivity index (χ4n) is 2.73. The minimum Gasteiger partial charge on any atom is -0.486 e. The molecule has 1 fully saturated rings. The van der Waals surface area contributed by atoms with Gasteiger partial charge >= 0.3 is 5.97 Å². The monoisotopic (exact) mass is 305 g/mol. The first-order chi connectivity index (χ1) is 10.6. The van der Waals surface area contributed by atoms with E-state index in [1.807, 2.05) is 18.2 Å². The summed E-state index contributed by atoms with van der Waals surface area (Å²) in [5.74, 6) is 0.865. The normalized spacial score (nSPS) is 22.0. The lowest BCUT2D eigenvalue weighted by Gasteiger charge is -2.18. The molecule has 1 saturated carbocycles. The molecule has 1 heterocycles. The van der Waals surface area contributed by atoms with Crippen LogP contribution in [-0.4, -0.2) is 36.7 Å². The van der Waals surface area contributed by atoms with Crippen molar-refractivity contribution in [2.75, 3.05) is 19.8 Å². The smallest absolute Gasteiger partial charge is 0.303 e. The average molecular weight is 305 g/mol. The van der Waals surface area contributed by atoms with E-state index in [-0.39, 0.29) is 24.2 Å². The van der Waals surface area contributed by atoms with E-state index in [0.29, 0.717) is 26.2 Å². The van der Waals surface area contributed by atoms with Gasteiger partial charge in [0.1, 0.15) is 13.2 Å². The summed E-state index contributed by atoms with van der Waals surface area (Å²) in [6.07, 6.45) is 1.36. The van der Waals surface area contributed by atoms with Crippen LogP contribution in [0.15, 0.2) is 18.2 Å². The number of nitrogens with one attached hydrogen (secondary N) is 1. The van der Waals surface area contributed by atoms with Crippen molar-refractivity contribution in [3.63, 3.8) is 0 Å². The second-order valence-corrected chi connectivity index (χ2v) is 5.64. The van der Waals surface area contributed by atoms with Crippen molar-refractivity contribution in [2.24, 2.45) is 5.92 Å². The van der Waals surface area contributed by atoms with Crippen molar-refractivity contribution < 1.29 is 24.2 Å². The Morgan fingerprint density at radius 3 is 2.77 bits per heavy atom. The molecule has 2 N–H and O–H groups in total. The lowest BCUT2D eigenvalue weighted by atomic mass is 10.1. The van der Waals surface area contributed by atoms with E-state index in [1.54, 1.807) is 0 Å². The zero-order valence-electron chi connectivity index (χ0n) is 12.2. The maximum atomic E-state index is 12.0. The lowest BCUT2D eigenvalue weighted by molar-refractivity contribution is -0.137. The number of hydrogen-bond donors (Lipinski definition) is 2. The highest BCUT2D eigenvalue weighted by atomic mass is 16.6. The number of ether oxygens (including phenoxy) is 2. The van der Waals surface area contributed by atoms with Crippen LogP contribution in [0.25, 0.3) is 0 Å². The van der Waals surface area contributed by atoms with Gasteiger partial charge < -0.3 is 19.9 Å². The molecular formula is C16H19NO5. The Morgan fingerprint density at radius 1 is 1.23 bits per heavy atom. The van der Waals surface area contributed by atoms with Crippen molar-refractivity contribution in [3.05, 3.63) is 23.8 Å². The highest BCUT2D eigenvalue weighted by Gasteiger charge is 2.44. The molecule has 6 heteroatoms. The van der Waals surface area contributed by atoms with Gasteiger partial charge in [-0.3, -0.25) is 9.59 Å². The predicted molar refractivity (Wildman–Crippen MR) is 78.2 cm³/mol. The molecule has 2 unspecified atom stereocenters. The van der Waals surface area contributed by atoms with Gasteiger partial charge in [0.2, 0.25) is 5.91 Å². The summed E-state index contributed by atoms with van der Waals surface area (Å²) in [6, 6.07) is 5.83. The maximum Gasteiger partial charge on any atom is 0.303 e. The SMILES string of the molecule is O=C(O)CCCNC(=O)C1CC1c1ccc2c(c1)OCCO2. The third kappa shape index (κ3) is 3.32. The number of carboxylic acid groups (broad SMARTS) is 1. The van der Waals surface area contributed by atoms with E-state index in [4.69, 9.17) is 14.6 Å². The molecular weight excluding hydrogens is 286 g/mol. The van der Waals surface area contributed by atoms with Gasteiger partial charge in [-0.15, -0.1) is 0 Å². The summed E-state index contributed by atoms with van der Waals surface area (Å²) in [5, 5.41) is 11.4. The van der Waals surface area contributed by atoms with Gasteiger partial charge in [-0.1, -0.05) is 6.07 Å². The number of fused-ring (bicyclic) bond motifs is 1. The van der Waals surface area contributed by atoms with Crippen LogP contribution in [0.5, 0.6) is 11.5 Å². The summed E-state index contributed by atoms with van der Waals surface area (Å²) >= 11 is 0. The molecule has 0 radical (unpaired) electrons. The zero-order valence-corrected chi connectivity index (χ0v) is 12.2. The van der Waals surface area contributed by atoms with E-state index < -0.39 is 5.97 Å². The Morgan fingerprint density at radius 2 is 2.00 bits per heavy atom. The molecule has 118 valence electrons. The van der Waals surface area contributed by atoms with E-state index in [0.717, 1.165) is 23.5 Å².